The second-order valence-corrected chi connectivity index (χ2v) is 6.15. The lowest BCUT2D eigenvalue weighted by Crippen LogP contribution is -2.56. The summed E-state index contributed by atoms with van der Waals surface area (Å²) in [6.07, 6.45) is 0.241. The van der Waals surface area contributed by atoms with E-state index in [2.05, 4.69) is 0 Å². The number of hydrogen-bond donors (Lipinski definition) is 2. The van der Waals surface area contributed by atoms with Crippen LogP contribution < -0.4 is 0 Å². The van der Waals surface area contributed by atoms with E-state index < -0.39 is 17.8 Å². The Labute approximate surface area is 101 Å². The van der Waals surface area contributed by atoms with Crippen molar-refractivity contribution in [3.63, 3.8) is 0 Å². The van der Waals surface area contributed by atoms with E-state index in [9.17, 15) is 15.0 Å². The van der Waals surface area contributed by atoms with Gasteiger partial charge in [0.2, 0.25) is 0 Å². The number of carbonyl (C=O) groups is 1. The molecule has 0 aromatic heterocycles. The van der Waals surface area contributed by atoms with Crippen molar-refractivity contribution in [1.82, 2.24) is 4.90 Å². The van der Waals surface area contributed by atoms with Crippen LogP contribution in [0, 0.1) is 0 Å². The number of amides is 1. The Morgan fingerprint density at radius 2 is 1.88 bits per heavy atom. The van der Waals surface area contributed by atoms with Crippen LogP contribution >= 0.6 is 0 Å². The Kier molecular flexibility index (Phi) is 2.86. The van der Waals surface area contributed by atoms with E-state index in [0.29, 0.717) is 6.42 Å². The molecule has 2 rings (SSSR count). The van der Waals surface area contributed by atoms with Crippen molar-refractivity contribution in [2.75, 3.05) is 6.54 Å². The highest BCUT2D eigenvalue weighted by atomic mass is 16.6. The van der Waals surface area contributed by atoms with E-state index in [1.807, 2.05) is 20.8 Å². The number of piperidine rings is 1. The summed E-state index contributed by atoms with van der Waals surface area (Å²) < 4.78 is 5.33. The summed E-state index contributed by atoms with van der Waals surface area (Å²) in [4.78, 5) is 13.6. The van der Waals surface area contributed by atoms with Crippen LogP contribution in [0.25, 0.3) is 0 Å². The molecule has 1 aliphatic carbocycles. The maximum absolute atomic E-state index is 12.0. The number of hydrogen-bond acceptors (Lipinski definition) is 4. The third-order valence-electron chi connectivity index (χ3n) is 3.42. The highest BCUT2D eigenvalue weighted by Gasteiger charge is 2.56. The third kappa shape index (κ3) is 2.55. The van der Waals surface area contributed by atoms with Crippen molar-refractivity contribution in [2.45, 2.75) is 63.4 Å². The van der Waals surface area contributed by atoms with Crippen LogP contribution in [0.3, 0.4) is 0 Å². The molecule has 1 spiro atoms. The van der Waals surface area contributed by atoms with Gasteiger partial charge in [0.1, 0.15) is 5.60 Å². The van der Waals surface area contributed by atoms with E-state index in [0.717, 1.165) is 12.8 Å². The maximum atomic E-state index is 12.0. The van der Waals surface area contributed by atoms with E-state index in [-0.39, 0.29) is 18.2 Å². The Morgan fingerprint density at radius 1 is 1.29 bits per heavy atom. The van der Waals surface area contributed by atoms with Gasteiger partial charge in [0, 0.05) is 5.54 Å². The van der Waals surface area contributed by atoms with Crippen molar-refractivity contribution in [1.29, 1.82) is 0 Å². The Morgan fingerprint density at radius 3 is 2.35 bits per heavy atom. The lowest BCUT2D eigenvalue weighted by Gasteiger charge is -2.41. The quantitative estimate of drug-likeness (QED) is 0.662. The molecule has 5 heteroatoms. The minimum Gasteiger partial charge on any atom is -0.444 e. The first-order valence-electron chi connectivity index (χ1n) is 6.10. The topological polar surface area (TPSA) is 70.0 Å². The van der Waals surface area contributed by atoms with E-state index in [4.69, 9.17) is 4.74 Å². The van der Waals surface area contributed by atoms with Gasteiger partial charge in [-0.2, -0.15) is 0 Å². The predicted molar refractivity (Wildman–Crippen MR) is 61.5 cm³/mol. The molecule has 1 saturated carbocycles. The molecule has 0 bridgehead atoms. The lowest BCUT2D eigenvalue weighted by atomic mass is 9.95. The first kappa shape index (κ1) is 12.6. The lowest BCUT2D eigenvalue weighted by molar-refractivity contribution is -0.0730. The summed E-state index contributed by atoms with van der Waals surface area (Å²) >= 11 is 0. The van der Waals surface area contributed by atoms with E-state index in [1.165, 1.54) is 0 Å². The van der Waals surface area contributed by atoms with Crippen LogP contribution in [-0.2, 0) is 4.74 Å². The van der Waals surface area contributed by atoms with Gasteiger partial charge in [-0.25, -0.2) is 4.79 Å². The summed E-state index contributed by atoms with van der Waals surface area (Å²) in [5, 5.41) is 19.3. The Hall–Kier alpha value is -0.810. The fourth-order valence-electron chi connectivity index (χ4n) is 2.34. The monoisotopic (exact) mass is 243 g/mol. The van der Waals surface area contributed by atoms with Crippen molar-refractivity contribution in [3.8, 4) is 0 Å². The minimum atomic E-state index is -0.867. The molecule has 98 valence electrons. The summed E-state index contributed by atoms with van der Waals surface area (Å²) in [6.45, 7) is 5.62. The highest BCUT2D eigenvalue weighted by Crippen LogP contribution is 2.48. The molecule has 2 N–H and O–H groups in total. The number of aliphatic hydroxyl groups is 2. The van der Waals surface area contributed by atoms with Gasteiger partial charge in [0.05, 0.1) is 18.8 Å². The molecule has 2 aliphatic rings. The fourth-order valence-corrected chi connectivity index (χ4v) is 2.34. The van der Waals surface area contributed by atoms with Crippen molar-refractivity contribution >= 4 is 6.09 Å². The summed E-state index contributed by atoms with van der Waals surface area (Å²) in [5.74, 6) is 0. The van der Waals surface area contributed by atoms with Gasteiger partial charge < -0.3 is 14.9 Å². The van der Waals surface area contributed by atoms with Crippen LogP contribution in [0.5, 0.6) is 0 Å². The van der Waals surface area contributed by atoms with Gasteiger partial charge in [0.15, 0.2) is 0 Å². The number of β-amino-alcohol motifs (C(OH)–C–C–N with tert-alkyl or cyclic N) is 1. The number of nitrogens with zero attached hydrogens (tertiary/aromatic N) is 1. The van der Waals surface area contributed by atoms with Crippen LogP contribution in [0.1, 0.15) is 40.0 Å². The predicted octanol–water partition coefficient (Wildman–Crippen LogP) is 0.882. The van der Waals surface area contributed by atoms with Crippen LogP contribution in [0.2, 0.25) is 0 Å². The first-order valence-corrected chi connectivity index (χ1v) is 6.10. The van der Waals surface area contributed by atoms with E-state index in [1.54, 1.807) is 4.90 Å². The van der Waals surface area contributed by atoms with Gasteiger partial charge in [-0.3, -0.25) is 4.90 Å². The van der Waals surface area contributed by atoms with Gasteiger partial charge in [-0.05, 0) is 40.0 Å². The normalized spacial score (nSPS) is 31.5. The SMILES string of the molecule is CC(C)(C)OC(=O)N1C[C@@H](O)[C@@H](O)CC12CC2. The molecule has 2 atom stereocenters. The van der Waals surface area contributed by atoms with Crippen LogP contribution in [0.15, 0.2) is 0 Å². The molecule has 0 aromatic rings. The molecule has 5 nitrogen and oxygen atoms in total. The highest BCUT2D eigenvalue weighted by molar-refractivity contribution is 5.70. The van der Waals surface area contributed by atoms with Crippen LogP contribution in [-0.4, -0.2) is 51.1 Å². The molecule has 1 amide bonds. The zero-order chi connectivity index (χ0) is 12.8. The van der Waals surface area contributed by atoms with E-state index >= 15 is 0 Å². The third-order valence-corrected chi connectivity index (χ3v) is 3.42. The number of carbonyl (C=O) groups excluding carboxylic acids is 1. The van der Waals surface area contributed by atoms with Crippen molar-refractivity contribution in [3.05, 3.63) is 0 Å². The molecular formula is C12H21NO4. The molecule has 0 radical (unpaired) electrons. The standard InChI is InChI=1S/C12H21NO4/c1-11(2,3)17-10(16)13-7-9(15)8(14)6-12(13)4-5-12/h8-9,14-15H,4-7H2,1-3H3/t8-,9+/m0/s1. The number of aliphatic hydroxyl groups excluding tert-OH is 2. The fraction of sp³-hybridized carbons (Fsp3) is 0.917. The largest absolute Gasteiger partial charge is 0.444 e. The maximum Gasteiger partial charge on any atom is 0.410 e. The molecule has 17 heavy (non-hydrogen) atoms. The average Bonchev–Trinajstić information content (AvgIpc) is 2.89. The van der Waals surface area contributed by atoms with Crippen molar-refractivity contribution < 1.29 is 19.7 Å². The van der Waals surface area contributed by atoms with Gasteiger partial charge in [-0.1, -0.05) is 0 Å². The number of ether oxygens (including phenoxy) is 1. The molecule has 1 saturated heterocycles. The number of rotatable bonds is 0. The first-order chi connectivity index (χ1) is 7.73. The average molecular weight is 243 g/mol. The Bertz CT molecular complexity index is 319. The summed E-state index contributed by atoms with van der Waals surface area (Å²) in [7, 11) is 0. The van der Waals surface area contributed by atoms with Gasteiger partial charge >= 0.3 is 6.09 Å². The molecule has 0 aromatic carbocycles. The van der Waals surface area contributed by atoms with Gasteiger partial charge in [-0.15, -0.1) is 0 Å². The van der Waals surface area contributed by atoms with Gasteiger partial charge in [0.25, 0.3) is 0 Å². The van der Waals surface area contributed by atoms with Crippen molar-refractivity contribution in [2.24, 2.45) is 0 Å². The zero-order valence-electron chi connectivity index (χ0n) is 10.6. The minimum absolute atomic E-state index is 0.163. The van der Waals surface area contributed by atoms with Crippen LogP contribution in [0.4, 0.5) is 4.79 Å². The molecule has 1 heterocycles. The molecule has 2 fully saturated rings. The zero-order valence-corrected chi connectivity index (χ0v) is 10.6. The molecule has 0 unspecified atom stereocenters. The number of likely N-dealkylation sites (tertiary alicyclic amines) is 1. The molecular weight excluding hydrogens is 222 g/mol. The second kappa shape index (κ2) is 3.85. The second-order valence-electron chi connectivity index (χ2n) is 6.15. The smallest absolute Gasteiger partial charge is 0.410 e. The summed E-state index contributed by atoms with van der Waals surface area (Å²) in [6, 6.07) is 0. The summed E-state index contributed by atoms with van der Waals surface area (Å²) in [5.41, 5.74) is -0.796. The molecule has 1 aliphatic heterocycles. The Balaban J connectivity index is 2.07.